The zero-order valence-electron chi connectivity index (χ0n) is 12.2. The summed E-state index contributed by atoms with van der Waals surface area (Å²) < 4.78 is 19.2. The molecule has 0 saturated carbocycles. The van der Waals surface area contributed by atoms with Gasteiger partial charge in [0, 0.05) is 5.39 Å². The van der Waals surface area contributed by atoms with E-state index >= 15 is 0 Å². The van der Waals surface area contributed by atoms with Crippen LogP contribution in [0.3, 0.4) is 0 Å². The fraction of sp³-hybridized carbons (Fsp3) is 0.176. The summed E-state index contributed by atoms with van der Waals surface area (Å²) >= 11 is 0. The second kappa shape index (κ2) is 6.39. The fourth-order valence-electron chi connectivity index (χ4n) is 2.16. The van der Waals surface area contributed by atoms with Gasteiger partial charge in [-0.1, -0.05) is 19.1 Å². The minimum atomic E-state index is -0.319. The molecule has 22 heavy (non-hydrogen) atoms. The smallest absolute Gasteiger partial charge is 0.142 e. The lowest BCUT2D eigenvalue weighted by Crippen LogP contribution is -2.01. The molecule has 0 aliphatic heterocycles. The number of fused-ring (bicyclic) bond motifs is 1. The van der Waals surface area contributed by atoms with E-state index in [4.69, 9.17) is 4.74 Å². The largest absolute Gasteiger partial charge is 0.491 e. The molecule has 0 radical (unpaired) electrons. The van der Waals surface area contributed by atoms with Crippen molar-refractivity contribution in [3.05, 3.63) is 54.6 Å². The summed E-state index contributed by atoms with van der Waals surface area (Å²) in [5.74, 6) is 0.977. The van der Waals surface area contributed by atoms with Gasteiger partial charge in [0.25, 0.3) is 0 Å². The van der Waals surface area contributed by atoms with Gasteiger partial charge in [-0.05, 0) is 36.8 Å². The number of para-hydroxylation sites is 2. The predicted molar refractivity (Wildman–Crippen MR) is 85.0 cm³/mol. The molecule has 112 valence electrons. The summed E-state index contributed by atoms with van der Waals surface area (Å²) in [5, 5.41) is 3.84. The van der Waals surface area contributed by atoms with Crippen LogP contribution in [0, 0.1) is 5.82 Å². The maximum atomic E-state index is 13.5. The molecule has 4 nitrogen and oxygen atoms in total. The van der Waals surface area contributed by atoms with Crippen molar-refractivity contribution in [2.45, 2.75) is 13.3 Å². The van der Waals surface area contributed by atoms with Gasteiger partial charge in [-0.3, -0.25) is 0 Å². The Morgan fingerprint density at radius 3 is 2.86 bits per heavy atom. The van der Waals surface area contributed by atoms with E-state index in [2.05, 4.69) is 22.2 Å². The van der Waals surface area contributed by atoms with E-state index in [1.165, 1.54) is 18.5 Å². The third-order valence-electron chi connectivity index (χ3n) is 3.20. The van der Waals surface area contributed by atoms with E-state index < -0.39 is 0 Å². The Morgan fingerprint density at radius 2 is 2.00 bits per heavy atom. The summed E-state index contributed by atoms with van der Waals surface area (Å²) in [6, 6.07) is 12.1. The van der Waals surface area contributed by atoms with Crippen LogP contribution in [0.4, 0.5) is 15.9 Å². The topological polar surface area (TPSA) is 47.0 Å². The third-order valence-corrected chi connectivity index (χ3v) is 3.20. The van der Waals surface area contributed by atoms with E-state index in [1.807, 2.05) is 24.3 Å². The molecule has 0 aliphatic carbocycles. The van der Waals surface area contributed by atoms with Crippen LogP contribution < -0.4 is 10.1 Å². The van der Waals surface area contributed by atoms with Gasteiger partial charge in [0.2, 0.25) is 0 Å². The van der Waals surface area contributed by atoms with Gasteiger partial charge in [-0.25, -0.2) is 14.4 Å². The van der Waals surface area contributed by atoms with Crippen molar-refractivity contribution in [1.82, 2.24) is 9.97 Å². The van der Waals surface area contributed by atoms with Crippen molar-refractivity contribution in [3.63, 3.8) is 0 Å². The van der Waals surface area contributed by atoms with Crippen molar-refractivity contribution in [1.29, 1.82) is 0 Å². The van der Waals surface area contributed by atoms with Gasteiger partial charge in [-0.15, -0.1) is 0 Å². The number of halogens is 1. The van der Waals surface area contributed by atoms with Gasteiger partial charge in [0.15, 0.2) is 0 Å². The Bertz CT molecular complexity index is 792. The minimum Gasteiger partial charge on any atom is -0.491 e. The highest BCUT2D eigenvalue weighted by atomic mass is 19.1. The summed E-state index contributed by atoms with van der Waals surface area (Å²) in [5.41, 5.74) is 1.48. The molecule has 1 N–H and O–H groups in total. The number of benzene rings is 2. The monoisotopic (exact) mass is 297 g/mol. The highest BCUT2D eigenvalue weighted by molar-refractivity contribution is 5.91. The van der Waals surface area contributed by atoms with E-state index in [-0.39, 0.29) is 5.82 Å². The molecular weight excluding hydrogens is 281 g/mol. The first-order chi connectivity index (χ1) is 10.8. The lowest BCUT2D eigenvalue weighted by molar-refractivity contribution is 0.319. The zero-order valence-corrected chi connectivity index (χ0v) is 12.2. The average molecular weight is 297 g/mol. The molecule has 2 aromatic carbocycles. The summed E-state index contributed by atoms with van der Waals surface area (Å²) in [6.45, 7) is 2.69. The molecule has 3 rings (SSSR count). The lowest BCUT2D eigenvalue weighted by Gasteiger charge is -2.13. The lowest BCUT2D eigenvalue weighted by atomic mass is 10.2. The number of hydrogen-bond donors (Lipinski definition) is 1. The second-order valence-electron chi connectivity index (χ2n) is 4.85. The van der Waals surface area contributed by atoms with Crippen LogP contribution in [0.1, 0.15) is 13.3 Å². The molecule has 1 aromatic heterocycles. The van der Waals surface area contributed by atoms with Crippen molar-refractivity contribution in [2.75, 3.05) is 11.9 Å². The quantitative estimate of drug-likeness (QED) is 0.762. The molecule has 0 spiro atoms. The molecule has 5 heteroatoms. The first-order valence-corrected chi connectivity index (χ1v) is 7.17. The highest BCUT2D eigenvalue weighted by Crippen LogP contribution is 2.29. The number of nitrogens with zero attached hydrogens (tertiary/aromatic N) is 2. The van der Waals surface area contributed by atoms with Crippen molar-refractivity contribution < 1.29 is 9.13 Å². The van der Waals surface area contributed by atoms with E-state index in [1.54, 1.807) is 6.07 Å². The highest BCUT2D eigenvalue weighted by Gasteiger charge is 2.08. The summed E-state index contributed by atoms with van der Waals surface area (Å²) in [7, 11) is 0. The number of rotatable bonds is 5. The van der Waals surface area contributed by atoms with Gasteiger partial charge >= 0.3 is 0 Å². The molecule has 0 aliphatic rings. The molecule has 3 aromatic rings. The molecule has 0 bridgehead atoms. The van der Waals surface area contributed by atoms with Crippen LogP contribution in [0.15, 0.2) is 48.8 Å². The molecular formula is C17H16FN3O. The Kier molecular flexibility index (Phi) is 4.14. The molecule has 1 heterocycles. The SMILES string of the molecule is CCCOc1ccccc1Nc1ncnc2ccc(F)cc12. The molecule has 0 amide bonds. The normalized spacial score (nSPS) is 10.6. The Labute approximate surface area is 128 Å². The van der Waals surface area contributed by atoms with Crippen LogP contribution in [-0.2, 0) is 0 Å². The van der Waals surface area contributed by atoms with Gasteiger partial charge < -0.3 is 10.1 Å². The molecule has 0 saturated heterocycles. The Balaban J connectivity index is 1.98. The number of aromatic nitrogens is 2. The van der Waals surface area contributed by atoms with Gasteiger partial charge in [0.1, 0.15) is 23.7 Å². The van der Waals surface area contributed by atoms with Crippen LogP contribution >= 0.6 is 0 Å². The van der Waals surface area contributed by atoms with Crippen molar-refractivity contribution in [2.24, 2.45) is 0 Å². The first-order valence-electron chi connectivity index (χ1n) is 7.17. The van der Waals surface area contributed by atoms with Crippen molar-refractivity contribution in [3.8, 4) is 5.75 Å². The van der Waals surface area contributed by atoms with Crippen LogP contribution in [0.25, 0.3) is 10.9 Å². The van der Waals surface area contributed by atoms with Crippen LogP contribution in [0.2, 0.25) is 0 Å². The van der Waals surface area contributed by atoms with E-state index in [0.717, 1.165) is 17.9 Å². The predicted octanol–water partition coefficient (Wildman–Crippen LogP) is 4.30. The number of hydrogen-bond acceptors (Lipinski definition) is 4. The number of anilines is 2. The standard InChI is InChI=1S/C17H16FN3O/c1-2-9-22-16-6-4-3-5-15(16)21-17-13-10-12(18)7-8-14(13)19-11-20-17/h3-8,10-11H,2,9H2,1H3,(H,19,20,21). The molecule has 0 unspecified atom stereocenters. The second-order valence-corrected chi connectivity index (χ2v) is 4.85. The first kappa shape index (κ1) is 14.3. The van der Waals surface area contributed by atoms with E-state index in [9.17, 15) is 4.39 Å². The van der Waals surface area contributed by atoms with Crippen LogP contribution in [-0.4, -0.2) is 16.6 Å². The number of nitrogens with one attached hydrogen (secondary N) is 1. The third kappa shape index (κ3) is 2.98. The average Bonchev–Trinajstić information content (AvgIpc) is 2.54. The van der Waals surface area contributed by atoms with Gasteiger partial charge in [0.05, 0.1) is 17.8 Å². The summed E-state index contributed by atoms with van der Waals surface area (Å²) in [4.78, 5) is 8.37. The maximum absolute atomic E-state index is 13.5. The van der Waals surface area contributed by atoms with Gasteiger partial charge in [-0.2, -0.15) is 0 Å². The fourth-order valence-corrected chi connectivity index (χ4v) is 2.16. The Morgan fingerprint density at radius 1 is 1.14 bits per heavy atom. The number of ether oxygens (including phenoxy) is 1. The Hall–Kier alpha value is -2.69. The zero-order chi connectivity index (χ0) is 15.4. The van der Waals surface area contributed by atoms with E-state index in [0.29, 0.717) is 23.3 Å². The van der Waals surface area contributed by atoms with Crippen molar-refractivity contribution >= 4 is 22.4 Å². The van der Waals surface area contributed by atoms with Crippen LogP contribution in [0.5, 0.6) is 5.75 Å². The maximum Gasteiger partial charge on any atom is 0.142 e. The molecule has 0 atom stereocenters. The molecule has 0 fully saturated rings. The minimum absolute atomic E-state index is 0.319. The summed E-state index contributed by atoms with van der Waals surface area (Å²) in [6.07, 6.45) is 2.38.